The van der Waals surface area contributed by atoms with Gasteiger partial charge in [-0.3, -0.25) is 0 Å². The monoisotopic (exact) mass is 480 g/mol. The number of fused-ring (bicyclic) bond motifs is 2. The molecule has 1 aromatic carbocycles. The summed E-state index contributed by atoms with van der Waals surface area (Å²) in [4.78, 5) is 4.69. The van der Waals surface area contributed by atoms with Gasteiger partial charge in [0.15, 0.2) is 5.96 Å². The van der Waals surface area contributed by atoms with E-state index < -0.39 is 10.0 Å². The lowest BCUT2D eigenvalue weighted by molar-refractivity contribution is 0.0992. The van der Waals surface area contributed by atoms with Crippen molar-refractivity contribution in [2.45, 2.75) is 55.9 Å². The Balaban J connectivity index is 0.00000225. The van der Waals surface area contributed by atoms with Gasteiger partial charge in [0.25, 0.3) is 0 Å². The van der Waals surface area contributed by atoms with Crippen LogP contribution in [0.25, 0.3) is 0 Å². The summed E-state index contributed by atoms with van der Waals surface area (Å²) in [6.45, 7) is 3.26. The first-order valence-corrected chi connectivity index (χ1v) is 9.82. The third-order valence-electron chi connectivity index (χ3n) is 4.44. The van der Waals surface area contributed by atoms with Crippen LogP contribution in [0.3, 0.4) is 0 Å². The lowest BCUT2D eigenvalue weighted by Gasteiger charge is -2.22. The maximum Gasteiger partial charge on any atom is 0.238 e. The number of ether oxygens (including phenoxy) is 1. The molecule has 1 aromatic rings. The minimum Gasteiger partial charge on any atom is -0.373 e. The van der Waals surface area contributed by atoms with Gasteiger partial charge < -0.3 is 15.4 Å². The van der Waals surface area contributed by atoms with Gasteiger partial charge in [-0.25, -0.2) is 18.5 Å². The fraction of sp³-hybridized carbons (Fsp3) is 0.562. The number of nitrogens with two attached hydrogens (primary N) is 1. The largest absolute Gasteiger partial charge is 0.373 e. The van der Waals surface area contributed by atoms with E-state index in [-0.39, 0.29) is 35.0 Å². The van der Waals surface area contributed by atoms with Crippen molar-refractivity contribution in [2.24, 2.45) is 10.1 Å². The Morgan fingerprint density at radius 1 is 1.32 bits per heavy atom. The number of hydrogen-bond acceptors (Lipinski definition) is 4. The second-order valence-corrected chi connectivity index (χ2v) is 7.81. The maximum absolute atomic E-state index is 11.3. The standard InChI is InChI=1S/C16H24N4O3S.HI/c1-2-18-16(20-14-9-12-5-8-15(14)23-12)19-10-11-3-6-13(7-4-11)24(17,21)22;/h3-4,6-7,12,14-15H,2,5,8-10H2,1H3,(H2,17,21,22)(H2,18,19,20);1H. The van der Waals surface area contributed by atoms with Gasteiger partial charge in [-0.1, -0.05) is 12.1 Å². The molecule has 2 heterocycles. The first kappa shape index (κ1) is 20.4. The Bertz CT molecular complexity index is 709. The number of aliphatic imine (C=N–C) groups is 1. The average Bonchev–Trinajstić information content (AvgIpc) is 3.15. The fourth-order valence-electron chi connectivity index (χ4n) is 3.24. The summed E-state index contributed by atoms with van der Waals surface area (Å²) < 4.78 is 28.4. The lowest BCUT2D eigenvalue weighted by atomic mass is 9.96. The summed E-state index contributed by atoms with van der Waals surface area (Å²) in [6.07, 6.45) is 3.97. The highest BCUT2D eigenvalue weighted by atomic mass is 127. The number of sulfonamides is 1. The number of guanidine groups is 1. The van der Waals surface area contributed by atoms with Crippen molar-refractivity contribution in [1.29, 1.82) is 0 Å². The van der Waals surface area contributed by atoms with E-state index >= 15 is 0 Å². The minimum atomic E-state index is -3.65. The summed E-state index contributed by atoms with van der Waals surface area (Å²) in [5, 5.41) is 11.8. The second-order valence-electron chi connectivity index (χ2n) is 6.24. The highest BCUT2D eigenvalue weighted by Crippen LogP contribution is 2.34. The quantitative estimate of drug-likeness (QED) is 0.335. The molecule has 3 atom stereocenters. The Morgan fingerprint density at radius 3 is 2.56 bits per heavy atom. The summed E-state index contributed by atoms with van der Waals surface area (Å²) in [5.41, 5.74) is 0.920. The third-order valence-corrected chi connectivity index (χ3v) is 5.37. The molecule has 3 rings (SSSR count). The number of rotatable bonds is 5. The molecule has 2 fully saturated rings. The molecular weight excluding hydrogens is 455 g/mol. The molecule has 140 valence electrons. The summed E-state index contributed by atoms with van der Waals surface area (Å²) >= 11 is 0. The van der Waals surface area contributed by atoms with E-state index in [0.717, 1.165) is 37.3 Å². The van der Waals surface area contributed by atoms with Crippen LogP contribution in [0.2, 0.25) is 0 Å². The Morgan fingerprint density at radius 2 is 2.04 bits per heavy atom. The molecule has 2 aliphatic rings. The number of benzene rings is 1. The summed E-state index contributed by atoms with van der Waals surface area (Å²) in [5.74, 6) is 0.758. The Kier molecular flexibility index (Phi) is 7.06. The van der Waals surface area contributed by atoms with Crippen LogP contribution < -0.4 is 15.8 Å². The zero-order valence-electron chi connectivity index (χ0n) is 14.1. The second kappa shape index (κ2) is 8.65. The molecule has 7 nitrogen and oxygen atoms in total. The van der Waals surface area contributed by atoms with Crippen molar-refractivity contribution in [3.63, 3.8) is 0 Å². The molecule has 3 unspecified atom stereocenters. The lowest BCUT2D eigenvalue weighted by Crippen LogP contribution is -2.47. The molecule has 2 bridgehead atoms. The summed E-state index contributed by atoms with van der Waals surface area (Å²) in [6, 6.07) is 6.78. The van der Waals surface area contributed by atoms with Gasteiger partial charge in [0.05, 0.1) is 29.7 Å². The summed E-state index contributed by atoms with van der Waals surface area (Å²) in [7, 11) is -3.65. The van der Waals surface area contributed by atoms with E-state index in [1.165, 1.54) is 12.1 Å². The first-order valence-electron chi connectivity index (χ1n) is 8.27. The van der Waals surface area contributed by atoms with Crippen molar-refractivity contribution in [3.8, 4) is 0 Å². The van der Waals surface area contributed by atoms with Crippen molar-refractivity contribution >= 4 is 40.0 Å². The highest BCUT2D eigenvalue weighted by Gasteiger charge is 2.41. The van der Waals surface area contributed by atoms with Gasteiger partial charge in [0.1, 0.15) is 0 Å². The van der Waals surface area contributed by atoms with Gasteiger partial charge in [0, 0.05) is 6.54 Å². The van der Waals surface area contributed by atoms with Crippen molar-refractivity contribution < 1.29 is 13.2 Å². The average molecular weight is 480 g/mol. The molecule has 25 heavy (non-hydrogen) atoms. The van der Waals surface area contributed by atoms with Crippen LogP contribution in [0.5, 0.6) is 0 Å². The topological polar surface area (TPSA) is 106 Å². The highest BCUT2D eigenvalue weighted by molar-refractivity contribution is 14.0. The van der Waals surface area contributed by atoms with E-state index in [4.69, 9.17) is 9.88 Å². The zero-order valence-corrected chi connectivity index (χ0v) is 17.3. The normalized spacial score (nSPS) is 25.5. The van der Waals surface area contributed by atoms with Crippen LogP contribution in [0.4, 0.5) is 0 Å². The van der Waals surface area contributed by atoms with Crippen molar-refractivity contribution in [3.05, 3.63) is 29.8 Å². The molecule has 0 saturated carbocycles. The van der Waals surface area contributed by atoms with Crippen LogP contribution in [0, 0.1) is 0 Å². The molecular formula is C16H25IN4O3S. The Hall–Kier alpha value is -0.910. The number of nitrogens with one attached hydrogen (secondary N) is 2. The fourth-order valence-corrected chi connectivity index (χ4v) is 3.76. The molecule has 0 radical (unpaired) electrons. The molecule has 0 aromatic heterocycles. The van der Waals surface area contributed by atoms with Gasteiger partial charge >= 0.3 is 0 Å². The van der Waals surface area contributed by atoms with Crippen LogP contribution in [-0.2, 0) is 21.3 Å². The number of hydrogen-bond donors (Lipinski definition) is 3. The predicted octanol–water partition coefficient (Wildman–Crippen LogP) is 1.33. The van der Waals surface area contributed by atoms with E-state index in [1.54, 1.807) is 12.1 Å². The maximum atomic E-state index is 11.3. The molecule has 0 amide bonds. The van der Waals surface area contributed by atoms with Crippen LogP contribution >= 0.6 is 24.0 Å². The first-order chi connectivity index (χ1) is 11.5. The van der Waals surface area contributed by atoms with Gasteiger partial charge in [0.2, 0.25) is 10.0 Å². The molecule has 4 N–H and O–H groups in total. The van der Waals surface area contributed by atoms with E-state index in [2.05, 4.69) is 15.6 Å². The number of nitrogens with zero attached hydrogens (tertiary/aromatic N) is 1. The minimum absolute atomic E-state index is 0. The molecule has 2 saturated heterocycles. The SMILES string of the molecule is CCNC(=NCc1ccc(S(N)(=O)=O)cc1)NC1CC2CCC1O2.I. The molecule has 9 heteroatoms. The van der Waals surface area contributed by atoms with Crippen LogP contribution in [0.1, 0.15) is 31.7 Å². The smallest absolute Gasteiger partial charge is 0.238 e. The van der Waals surface area contributed by atoms with Crippen LogP contribution in [0.15, 0.2) is 34.2 Å². The number of primary sulfonamides is 1. The van der Waals surface area contributed by atoms with E-state index in [1.807, 2.05) is 6.92 Å². The Labute approximate surface area is 165 Å². The van der Waals surface area contributed by atoms with Gasteiger partial charge in [-0.2, -0.15) is 0 Å². The van der Waals surface area contributed by atoms with Crippen molar-refractivity contribution in [1.82, 2.24) is 10.6 Å². The third kappa shape index (κ3) is 5.28. The van der Waals surface area contributed by atoms with Gasteiger partial charge in [-0.05, 0) is 43.9 Å². The van der Waals surface area contributed by atoms with Crippen LogP contribution in [-0.4, -0.2) is 39.2 Å². The molecule has 2 aliphatic heterocycles. The number of halogens is 1. The van der Waals surface area contributed by atoms with E-state index in [0.29, 0.717) is 18.7 Å². The molecule has 0 aliphatic carbocycles. The predicted molar refractivity (Wildman–Crippen MR) is 107 cm³/mol. The van der Waals surface area contributed by atoms with Crippen molar-refractivity contribution in [2.75, 3.05) is 6.54 Å². The van der Waals surface area contributed by atoms with E-state index in [9.17, 15) is 8.42 Å². The zero-order chi connectivity index (χ0) is 17.2. The molecule has 0 spiro atoms. The van der Waals surface area contributed by atoms with Gasteiger partial charge in [-0.15, -0.1) is 24.0 Å².